The van der Waals surface area contributed by atoms with Crippen molar-refractivity contribution in [3.8, 4) is 0 Å². The third kappa shape index (κ3) is 2.95. The Morgan fingerprint density at radius 3 is 2.92 bits per heavy atom. The molecular formula is C20H16ClFN2O2. The molecule has 0 unspecified atom stereocenters. The van der Waals surface area contributed by atoms with Crippen molar-refractivity contribution >= 4 is 39.4 Å². The highest BCUT2D eigenvalue weighted by Crippen LogP contribution is 2.28. The number of benzene rings is 2. The topological polar surface area (TPSA) is 58.0 Å². The third-order valence-electron chi connectivity index (χ3n) is 4.51. The number of carbonyl (C=O) groups excluding carboxylic acids is 1. The largest absolute Gasteiger partial charge is 0.451 e. The minimum Gasteiger partial charge on any atom is -0.451 e. The number of amides is 1. The molecule has 26 heavy (non-hydrogen) atoms. The van der Waals surface area contributed by atoms with Gasteiger partial charge in [0, 0.05) is 39.6 Å². The van der Waals surface area contributed by atoms with Gasteiger partial charge in [-0.3, -0.25) is 4.79 Å². The summed E-state index contributed by atoms with van der Waals surface area (Å²) < 4.78 is 19.1. The second-order valence-corrected chi connectivity index (χ2v) is 6.64. The van der Waals surface area contributed by atoms with E-state index in [9.17, 15) is 9.18 Å². The van der Waals surface area contributed by atoms with Gasteiger partial charge in [0.15, 0.2) is 5.76 Å². The smallest absolute Gasteiger partial charge is 0.287 e. The minimum absolute atomic E-state index is 0.277. The molecule has 2 heterocycles. The van der Waals surface area contributed by atoms with Crippen LogP contribution < -0.4 is 5.32 Å². The van der Waals surface area contributed by atoms with Crippen LogP contribution in [-0.2, 0) is 6.42 Å². The normalized spacial score (nSPS) is 11.3. The maximum Gasteiger partial charge on any atom is 0.287 e. The van der Waals surface area contributed by atoms with Crippen molar-refractivity contribution in [2.45, 2.75) is 13.3 Å². The van der Waals surface area contributed by atoms with Crippen molar-refractivity contribution in [2.75, 3.05) is 6.54 Å². The Morgan fingerprint density at radius 1 is 1.23 bits per heavy atom. The molecule has 2 aromatic heterocycles. The Bertz CT molecular complexity index is 1130. The molecule has 4 aromatic rings. The number of carbonyl (C=O) groups is 1. The van der Waals surface area contributed by atoms with Crippen molar-refractivity contribution in [1.29, 1.82) is 0 Å². The van der Waals surface area contributed by atoms with Crippen LogP contribution in [0, 0.1) is 12.7 Å². The van der Waals surface area contributed by atoms with Crippen LogP contribution in [0.5, 0.6) is 0 Å². The SMILES string of the molecule is Cc1c(C(=O)NCCc2c[nH]c3ccc(F)cc23)oc2ccc(Cl)cc12. The van der Waals surface area contributed by atoms with Crippen LogP contribution in [0.1, 0.15) is 21.7 Å². The highest BCUT2D eigenvalue weighted by Gasteiger charge is 2.17. The van der Waals surface area contributed by atoms with Gasteiger partial charge in [-0.25, -0.2) is 4.39 Å². The summed E-state index contributed by atoms with van der Waals surface area (Å²) in [7, 11) is 0. The molecule has 0 radical (unpaired) electrons. The van der Waals surface area contributed by atoms with Crippen LogP contribution in [0.3, 0.4) is 0 Å². The predicted molar refractivity (Wildman–Crippen MR) is 100 cm³/mol. The van der Waals surface area contributed by atoms with Gasteiger partial charge >= 0.3 is 0 Å². The summed E-state index contributed by atoms with van der Waals surface area (Å²) in [5.41, 5.74) is 3.21. The van der Waals surface area contributed by atoms with Crippen molar-refractivity contribution in [3.05, 3.63) is 70.3 Å². The van der Waals surface area contributed by atoms with E-state index in [4.69, 9.17) is 16.0 Å². The fraction of sp³-hybridized carbons (Fsp3) is 0.150. The maximum absolute atomic E-state index is 13.4. The standard InChI is InChI=1S/C20H16ClFN2O2/c1-11-15-8-13(21)2-5-18(15)26-19(11)20(25)23-7-6-12-10-24-17-4-3-14(22)9-16(12)17/h2-5,8-10,24H,6-7H2,1H3,(H,23,25). The Morgan fingerprint density at radius 2 is 2.08 bits per heavy atom. The molecule has 0 spiro atoms. The first-order chi connectivity index (χ1) is 12.5. The van der Waals surface area contributed by atoms with E-state index in [1.807, 2.05) is 13.1 Å². The molecule has 1 amide bonds. The summed E-state index contributed by atoms with van der Waals surface area (Å²) in [5, 5.41) is 5.11. The number of hydrogen-bond acceptors (Lipinski definition) is 2. The molecule has 0 aliphatic carbocycles. The van der Waals surface area contributed by atoms with Crippen LogP contribution in [0.25, 0.3) is 21.9 Å². The number of aromatic amines is 1. The van der Waals surface area contributed by atoms with Crippen molar-refractivity contribution in [1.82, 2.24) is 10.3 Å². The first-order valence-corrected chi connectivity index (χ1v) is 8.63. The second-order valence-electron chi connectivity index (χ2n) is 6.21. The number of aryl methyl sites for hydroxylation is 1. The molecule has 132 valence electrons. The Hall–Kier alpha value is -2.79. The molecule has 0 aliphatic rings. The highest BCUT2D eigenvalue weighted by molar-refractivity contribution is 6.31. The Labute approximate surface area is 153 Å². The van der Waals surface area contributed by atoms with Crippen LogP contribution in [0.2, 0.25) is 5.02 Å². The van der Waals surface area contributed by atoms with Gasteiger partial charge in [-0.1, -0.05) is 11.6 Å². The first kappa shape index (κ1) is 16.7. The predicted octanol–water partition coefficient (Wildman–Crippen LogP) is 4.99. The molecule has 0 saturated heterocycles. The summed E-state index contributed by atoms with van der Waals surface area (Å²) in [5.74, 6) is -0.271. The van der Waals surface area contributed by atoms with E-state index >= 15 is 0 Å². The number of hydrogen-bond donors (Lipinski definition) is 2. The highest BCUT2D eigenvalue weighted by atomic mass is 35.5. The molecule has 6 heteroatoms. The van der Waals surface area contributed by atoms with Gasteiger partial charge < -0.3 is 14.7 Å². The zero-order chi connectivity index (χ0) is 18.3. The van der Waals surface area contributed by atoms with Crippen molar-refractivity contribution in [3.63, 3.8) is 0 Å². The van der Waals surface area contributed by atoms with Gasteiger partial charge in [-0.2, -0.15) is 0 Å². The summed E-state index contributed by atoms with van der Waals surface area (Å²) in [6, 6.07) is 9.88. The van der Waals surface area contributed by atoms with Gasteiger partial charge in [0.1, 0.15) is 11.4 Å². The lowest BCUT2D eigenvalue weighted by molar-refractivity contribution is 0.0928. The molecule has 0 atom stereocenters. The lowest BCUT2D eigenvalue weighted by atomic mass is 10.1. The van der Waals surface area contributed by atoms with E-state index in [0.717, 1.165) is 27.4 Å². The average molecular weight is 371 g/mol. The summed E-state index contributed by atoms with van der Waals surface area (Å²) >= 11 is 6.01. The number of fused-ring (bicyclic) bond motifs is 2. The third-order valence-corrected chi connectivity index (χ3v) is 4.75. The fourth-order valence-corrected chi connectivity index (χ4v) is 3.33. The van der Waals surface area contributed by atoms with Crippen LogP contribution >= 0.6 is 11.6 Å². The minimum atomic E-state index is -0.279. The van der Waals surface area contributed by atoms with E-state index < -0.39 is 0 Å². The quantitative estimate of drug-likeness (QED) is 0.531. The molecule has 0 saturated carbocycles. The average Bonchev–Trinajstić information content (AvgIpc) is 3.16. The number of rotatable bonds is 4. The van der Waals surface area contributed by atoms with Gasteiger partial charge in [0.05, 0.1) is 0 Å². The summed E-state index contributed by atoms with van der Waals surface area (Å²) in [6.07, 6.45) is 2.42. The van der Waals surface area contributed by atoms with Crippen LogP contribution in [-0.4, -0.2) is 17.4 Å². The number of furan rings is 1. The molecular weight excluding hydrogens is 355 g/mol. The first-order valence-electron chi connectivity index (χ1n) is 8.25. The van der Waals surface area contributed by atoms with E-state index in [1.54, 1.807) is 24.3 Å². The molecule has 4 nitrogen and oxygen atoms in total. The number of aromatic nitrogens is 1. The van der Waals surface area contributed by atoms with Crippen LogP contribution in [0.4, 0.5) is 4.39 Å². The number of halogens is 2. The maximum atomic E-state index is 13.4. The molecule has 2 N–H and O–H groups in total. The monoisotopic (exact) mass is 370 g/mol. The Kier molecular flexibility index (Phi) is 4.17. The zero-order valence-corrected chi connectivity index (χ0v) is 14.8. The van der Waals surface area contributed by atoms with Crippen molar-refractivity contribution < 1.29 is 13.6 Å². The van der Waals surface area contributed by atoms with Gasteiger partial charge in [-0.15, -0.1) is 0 Å². The Balaban J connectivity index is 1.49. The molecule has 0 fully saturated rings. The molecule has 4 rings (SSSR count). The number of H-pyrrole nitrogens is 1. The lowest BCUT2D eigenvalue weighted by Crippen LogP contribution is -2.25. The van der Waals surface area contributed by atoms with Crippen molar-refractivity contribution in [2.24, 2.45) is 0 Å². The molecule has 0 bridgehead atoms. The molecule has 0 aliphatic heterocycles. The van der Waals surface area contributed by atoms with Gasteiger partial charge in [0.2, 0.25) is 0 Å². The van der Waals surface area contributed by atoms with Crippen LogP contribution in [0.15, 0.2) is 47.0 Å². The fourth-order valence-electron chi connectivity index (χ4n) is 3.16. The molecule has 2 aromatic carbocycles. The second kappa shape index (κ2) is 6.50. The number of nitrogens with one attached hydrogen (secondary N) is 2. The van der Waals surface area contributed by atoms with E-state index in [1.165, 1.54) is 12.1 Å². The van der Waals surface area contributed by atoms with E-state index in [2.05, 4.69) is 10.3 Å². The summed E-state index contributed by atoms with van der Waals surface area (Å²) in [4.78, 5) is 15.6. The van der Waals surface area contributed by atoms with Gasteiger partial charge in [0.25, 0.3) is 5.91 Å². The van der Waals surface area contributed by atoms with E-state index in [0.29, 0.717) is 23.6 Å². The van der Waals surface area contributed by atoms with Gasteiger partial charge in [-0.05, 0) is 55.3 Å². The lowest BCUT2D eigenvalue weighted by Gasteiger charge is -2.03. The van der Waals surface area contributed by atoms with E-state index in [-0.39, 0.29) is 17.5 Å². The zero-order valence-electron chi connectivity index (χ0n) is 14.0. The summed E-state index contributed by atoms with van der Waals surface area (Å²) in [6.45, 7) is 2.25.